The molecular weight excluding hydrogens is 252 g/mol. The predicted octanol–water partition coefficient (Wildman–Crippen LogP) is 2.25. The van der Waals surface area contributed by atoms with E-state index in [2.05, 4.69) is 64.7 Å². The highest BCUT2D eigenvalue weighted by molar-refractivity contribution is 9.10. The lowest BCUT2D eigenvalue weighted by atomic mass is 9.92. The van der Waals surface area contributed by atoms with Crippen LogP contribution in [0.1, 0.15) is 19.4 Å². The number of hydrogen-bond acceptors (Lipinski definition) is 2. The van der Waals surface area contributed by atoms with Crippen molar-refractivity contribution in [1.29, 1.82) is 0 Å². The second-order valence-corrected chi connectivity index (χ2v) is 5.55. The van der Waals surface area contributed by atoms with Gasteiger partial charge in [0.1, 0.15) is 0 Å². The van der Waals surface area contributed by atoms with Crippen LogP contribution in [0.15, 0.2) is 28.7 Å². The summed E-state index contributed by atoms with van der Waals surface area (Å²) < 4.78 is 1.14. The Labute approximate surface area is 99.6 Å². The highest BCUT2D eigenvalue weighted by Crippen LogP contribution is 2.24. The topological polar surface area (TPSA) is 24.1 Å². The smallest absolute Gasteiger partial charge is 0.0381 e. The maximum atomic E-state index is 3.65. The average molecular weight is 269 g/mol. The van der Waals surface area contributed by atoms with Crippen LogP contribution in [0.5, 0.6) is 0 Å². The van der Waals surface area contributed by atoms with Gasteiger partial charge in [0.2, 0.25) is 0 Å². The summed E-state index contributed by atoms with van der Waals surface area (Å²) >= 11 is 3.51. The van der Waals surface area contributed by atoms with Crippen molar-refractivity contribution in [2.45, 2.75) is 25.4 Å². The summed E-state index contributed by atoms with van der Waals surface area (Å²) in [5, 5.41) is 6.93. The minimum atomic E-state index is 0.0382. The third-order valence-corrected chi connectivity index (χ3v) is 3.39. The summed E-state index contributed by atoms with van der Waals surface area (Å²) in [6.07, 6.45) is 0. The Morgan fingerprint density at radius 2 is 2.13 bits per heavy atom. The molecule has 1 aliphatic heterocycles. The summed E-state index contributed by atoms with van der Waals surface area (Å²) in [6.45, 7) is 6.62. The summed E-state index contributed by atoms with van der Waals surface area (Å²) in [7, 11) is 0. The van der Waals surface area contributed by atoms with Crippen LogP contribution in [0.25, 0.3) is 0 Å². The fourth-order valence-corrected chi connectivity index (χ4v) is 2.26. The van der Waals surface area contributed by atoms with Gasteiger partial charge in [-0.25, -0.2) is 0 Å². The summed E-state index contributed by atoms with van der Waals surface area (Å²) in [5.74, 6) is 0. The molecule has 2 rings (SSSR count). The number of nitrogens with one attached hydrogen (secondary N) is 2. The van der Waals surface area contributed by atoms with Gasteiger partial charge in [-0.3, -0.25) is 0 Å². The van der Waals surface area contributed by atoms with E-state index >= 15 is 0 Å². The number of rotatable bonds is 3. The normalized spacial score (nSPS) is 17.5. The van der Waals surface area contributed by atoms with E-state index in [0.717, 1.165) is 17.6 Å². The largest absolute Gasteiger partial charge is 0.314 e. The number of hydrogen-bond donors (Lipinski definition) is 2. The van der Waals surface area contributed by atoms with Gasteiger partial charge in [0.25, 0.3) is 0 Å². The zero-order valence-electron chi connectivity index (χ0n) is 9.18. The first-order valence-electron chi connectivity index (χ1n) is 5.32. The quantitative estimate of drug-likeness (QED) is 0.879. The van der Waals surface area contributed by atoms with Gasteiger partial charge in [-0.15, -0.1) is 0 Å². The van der Waals surface area contributed by atoms with Crippen LogP contribution in [0.2, 0.25) is 0 Å². The second-order valence-electron chi connectivity index (χ2n) is 4.63. The first-order chi connectivity index (χ1) is 7.08. The molecule has 2 N–H and O–H groups in total. The SMILES string of the molecule is CC(C)(NC1CNC1)c1cccc(Br)c1. The molecule has 3 heteroatoms. The second kappa shape index (κ2) is 4.24. The highest BCUT2D eigenvalue weighted by Gasteiger charge is 2.27. The monoisotopic (exact) mass is 268 g/mol. The molecule has 0 aliphatic carbocycles. The van der Waals surface area contributed by atoms with Crippen LogP contribution < -0.4 is 10.6 Å². The van der Waals surface area contributed by atoms with Crippen molar-refractivity contribution < 1.29 is 0 Å². The van der Waals surface area contributed by atoms with Crippen molar-refractivity contribution in [2.75, 3.05) is 13.1 Å². The third-order valence-electron chi connectivity index (χ3n) is 2.89. The Balaban J connectivity index is 2.12. The van der Waals surface area contributed by atoms with Gasteiger partial charge in [0.05, 0.1) is 0 Å². The molecule has 1 heterocycles. The molecule has 2 nitrogen and oxygen atoms in total. The maximum absolute atomic E-state index is 3.65. The summed E-state index contributed by atoms with van der Waals surface area (Å²) in [5.41, 5.74) is 1.36. The van der Waals surface area contributed by atoms with E-state index in [1.165, 1.54) is 5.56 Å². The Bertz CT molecular complexity index is 345. The van der Waals surface area contributed by atoms with Crippen molar-refractivity contribution in [3.8, 4) is 0 Å². The van der Waals surface area contributed by atoms with E-state index in [4.69, 9.17) is 0 Å². The van der Waals surface area contributed by atoms with Gasteiger partial charge in [0, 0.05) is 29.1 Å². The van der Waals surface area contributed by atoms with Crippen molar-refractivity contribution in [3.05, 3.63) is 34.3 Å². The molecule has 1 fully saturated rings. The van der Waals surface area contributed by atoms with Crippen LogP contribution >= 0.6 is 15.9 Å². The molecule has 1 saturated heterocycles. The lowest BCUT2D eigenvalue weighted by molar-refractivity contribution is 0.274. The lowest BCUT2D eigenvalue weighted by Crippen LogP contribution is -2.59. The minimum Gasteiger partial charge on any atom is -0.314 e. The molecule has 0 unspecified atom stereocenters. The standard InChI is InChI=1S/C12H17BrN2/c1-12(2,15-11-7-14-8-11)9-4-3-5-10(13)6-9/h3-6,11,14-15H,7-8H2,1-2H3. The Hall–Kier alpha value is -0.380. The molecule has 15 heavy (non-hydrogen) atoms. The van der Waals surface area contributed by atoms with Crippen LogP contribution in [0, 0.1) is 0 Å². The van der Waals surface area contributed by atoms with Gasteiger partial charge in [0.15, 0.2) is 0 Å². The van der Waals surface area contributed by atoms with E-state index < -0.39 is 0 Å². The van der Waals surface area contributed by atoms with E-state index in [9.17, 15) is 0 Å². The first kappa shape index (κ1) is 11.1. The zero-order valence-corrected chi connectivity index (χ0v) is 10.8. The average Bonchev–Trinajstić information content (AvgIpc) is 2.12. The van der Waals surface area contributed by atoms with Crippen LogP contribution in [-0.2, 0) is 5.54 Å². The molecular formula is C12H17BrN2. The molecule has 1 aromatic rings. The zero-order chi connectivity index (χ0) is 10.9. The van der Waals surface area contributed by atoms with Crippen molar-refractivity contribution in [3.63, 3.8) is 0 Å². The molecule has 0 spiro atoms. The van der Waals surface area contributed by atoms with Crippen LogP contribution in [0.4, 0.5) is 0 Å². The summed E-state index contributed by atoms with van der Waals surface area (Å²) in [6, 6.07) is 9.11. The number of benzene rings is 1. The Kier molecular flexibility index (Phi) is 3.14. The molecule has 0 atom stereocenters. The Morgan fingerprint density at radius 3 is 2.67 bits per heavy atom. The fraction of sp³-hybridized carbons (Fsp3) is 0.500. The molecule has 82 valence electrons. The molecule has 0 aromatic heterocycles. The van der Waals surface area contributed by atoms with Crippen molar-refractivity contribution >= 4 is 15.9 Å². The molecule has 0 bridgehead atoms. The van der Waals surface area contributed by atoms with Crippen LogP contribution in [0.3, 0.4) is 0 Å². The van der Waals surface area contributed by atoms with Gasteiger partial charge < -0.3 is 10.6 Å². The fourth-order valence-electron chi connectivity index (χ4n) is 1.86. The summed E-state index contributed by atoms with van der Waals surface area (Å²) in [4.78, 5) is 0. The van der Waals surface area contributed by atoms with Gasteiger partial charge in [-0.1, -0.05) is 28.1 Å². The molecule has 1 aliphatic rings. The molecule has 0 saturated carbocycles. The van der Waals surface area contributed by atoms with Gasteiger partial charge >= 0.3 is 0 Å². The Morgan fingerprint density at radius 1 is 1.40 bits per heavy atom. The molecule has 0 radical (unpaired) electrons. The van der Waals surface area contributed by atoms with E-state index in [1.54, 1.807) is 0 Å². The maximum Gasteiger partial charge on any atom is 0.0381 e. The lowest BCUT2D eigenvalue weighted by Gasteiger charge is -2.37. The highest BCUT2D eigenvalue weighted by atomic mass is 79.9. The van der Waals surface area contributed by atoms with Gasteiger partial charge in [-0.2, -0.15) is 0 Å². The van der Waals surface area contributed by atoms with E-state index in [0.29, 0.717) is 6.04 Å². The predicted molar refractivity (Wildman–Crippen MR) is 67.0 cm³/mol. The van der Waals surface area contributed by atoms with Crippen molar-refractivity contribution in [1.82, 2.24) is 10.6 Å². The van der Waals surface area contributed by atoms with Gasteiger partial charge in [-0.05, 0) is 31.5 Å². The van der Waals surface area contributed by atoms with E-state index in [-0.39, 0.29) is 5.54 Å². The molecule has 0 amide bonds. The van der Waals surface area contributed by atoms with Crippen LogP contribution in [-0.4, -0.2) is 19.1 Å². The van der Waals surface area contributed by atoms with E-state index in [1.807, 2.05) is 0 Å². The number of halogens is 1. The third kappa shape index (κ3) is 2.60. The first-order valence-corrected chi connectivity index (χ1v) is 6.12. The molecule has 1 aromatic carbocycles. The van der Waals surface area contributed by atoms with Crippen molar-refractivity contribution in [2.24, 2.45) is 0 Å². The minimum absolute atomic E-state index is 0.0382.